The van der Waals surface area contributed by atoms with Crippen LogP contribution >= 0.6 is 0 Å². The van der Waals surface area contributed by atoms with Crippen LogP contribution in [0.5, 0.6) is 0 Å². The van der Waals surface area contributed by atoms with Crippen molar-refractivity contribution in [2.24, 2.45) is 11.7 Å². The van der Waals surface area contributed by atoms with Gasteiger partial charge in [-0.1, -0.05) is 13.8 Å². The van der Waals surface area contributed by atoms with Gasteiger partial charge in [-0.25, -0.2) is 9.97 Å². The molecule has 0 aromatic carbocycles. The minimum Gasteiger partial charge on any atom is -0.370 e. The summed E-state index contributed by atoms with van der Waals surface area (Å²) in [6, 6.07) is 2.03. The van der Waals surface area contributed by atoms with E-state index < -0.39 is 0 Å². The molecule has 1 aromatic rings. The third-order valence-electron chi connectivity index (χ3n) is 3.71. The van der Waals surface area contributed by atoms with Crippen molar-refractivity contribution >= 4 is 11.7 Å². The second-order valence-corrected chi connectivity index (χ2v) is 6.01. The maximum Gasteiger partial charge on any atom is 0.217 e. The summed E-state index contributed by atoms with van der Waals surface area (Å²) in [6.45, 7) is 8.05. The summed E-state index contributed by atoms with van der Waals surface area (Å²) in [7, 11) is 0. The van der Waals surface area contributed by atoms with E-state index in [0.717, 1.165) is 43.3 Å². The second kappa shape index (κ2) is 6.20. The van der Waals surface area contributed by atoms with Crippen molar-refractivity contribution in [2.75, 3.05) is 18.0 Å². The summed E-state index contributed by atoms with van der Waals surface area (Å²) in [4.78, 5) is 22.5. The van der Waals surface area contributed by atoms with E-state index in [-0.39, 0.29) is 5.91 Å². The zero-order chi connectivity index (χ0) is 14.7. The molecule has 5 nitrogen and oxygen atoms in total. The number of rotatable bonds is 4. The van der Waals surface area contributed by atoms with Gasteiger partial charge in [0.05, 0.1) is 0 Å². The molecule has 2 rings (SSSR count). The van der Waals surface area contributed by atoms with E-state index in [1.165, 1.54) is 0 Å². The van der Waals surface area contributed by atoms with Crippen molar-refractivity contribution in [3.63, 3.8) is 0 Å². The number of nitrogens with two attached hydrogens (primary N) is 1. The van der Waals surface area contributed by atoms with Gasteiger partial charge in [-0.15, -0.1) is 0 Å². The molecule has 1 unspecified atom stereocenters. The summed E-state index contributed by atoms with van der Waals surface area (Å²) in [5.74, 6) is 2.32. The van der Waals surface area contributed by atoms with Crippen molar-refractivity contribution in [3.8, 4) is 0 Å². The average Bonchev–Trinajstić information content (AvgIpc) is 2.37. The molecular formula is C15H24N4O. The number of nitrogens with zero attached hydrogens (tertiary/aromatic N) is 3. The highest BCUT2D eigenvalue weighted by Gasteiger charge is 2.23. The first-order valence-electron chi connectivity index (χ1n) is 7.34. The fraction of sp³-hybridized carbons (Fsp3) is 0.667. The predicted octanol–water partition coefficient (Wildman–Crippen LogP) is 2.00. The van der Waals surface area contributed by atoms with Crippen LogP contribution in [-0.2, 0) is 4.79 Å². The number of hydrogen-bond acceptors (Lipinski definition) is 4. The zero-order valence-corrected chi connectivity index (χ0v) is 12.6. The zero-order valence-electron chi connectivity index (χ0n) is 12.6. The van der Waals surface area contributed by atoms with Crippen LogP contribution in [0.1, 0.15) is 50.5 Å². The van der Waals surface area contributed by atoms with Crippen LogP contribution in [0.4, 0.5) is 5.82 Å². The summed E-state index contributed by atoms with van der Waals surface area (Å²) >= 11 is 0. The Hall–Kier alpha value is -1.65. The van der Waals surface area contributed by atoms with E-state index in [9.17, 15) is 4.79 Å². The number of hydrogen-bond donors (Lipinski definition) is 1. The van der Waals surface area contributed by atoms with Gasteiger partial charge in [-0.2, -0.15) is 0 Å². The number of aromatic nitrogens is 2. The van der Waals surface area contributed by atoms with Crippen molar-refractivity contribution in [2.45, 2.75) is 46.0 Å². The number of primary amides is 1. The van der Waals surface area contributed by atoms with Gasteiger partial charge in [0.2, 0.25) is 5.91 Å². The molecule has 20 heavy (non-hydrogen) atoms. The molecule has 0 saturated carbocycles. The van der Waals surface area contributed by atoms with Crippen LogP contribution in [0, 0.1) is 12.8 Å². The molecule has 1 atom stereocenters. The molecule has 1 aliphatic rings. The predicted molar refractivity (Wildman–Crippen MR) is 79.6 cm³/mol. The number of aryl methyl sites for hydroxylation is 1. The lowest BCUT2D eigenvalue weighted by molar-refractivity contribution is -0.118. The average molecular weight is 276 g/mol. The van der Waals surface area contributed by atoms with Gasteiger partial charge < -0.3 is 10.6 Å². The molecule has 1 aromatic heterocycles. The third kappa shape index (κ3) is 3.68. The highest BCUT2D eigenvalue weighted by atomic mass is 16.1. The van der Waals surface area contributed by atoms with Gasteiger partial charge in [-0.05, 0) is 25.7 Å². The van der Waals surface area contributed by atoms with Crippen molar-refractivity contribution in [3.05, 3.63) is 17.6 Å². The lowest BCUT2D eigenvalue weighted by Crippen LogP contribution is -2.37. The second-order valence-electron chi connectivity index (χ2n) is 6.01. The topological polar surface area (TPSA) is 72.1 Å². The van der Waals surface area contributed by atoms with Gasteiger partial charge in [0.25, 0.3) is 0 Å². The van der Waals surface area contributed by atoms with Gasteiger partial charge in [0.1, 0.15) is 11.6 Å². The Kier molecular flexibility index (Phi) is 4.57. The summed E-state index contributed by atoms with van der Waals surface area (Å²) in [5.41, 5.74) is 6.31. The summed E-state index contributed by atoms with van der Waals surface area (Å²) in [6.07, 6.45) is 2.62. The van der Waals surface area contributed by atoms with E-state index in [4.69, 9.17) is 5.73 Å². The third-order valence-corrected chi connectivity index (χ3v) is 3.71. The first-order chi connectivity index (χ1) is 9.45. The first kappa shape index (κ1) is 14.8. The fourth-order valence-electron chi connectivity index (χ4n) is 2.72. The van der Waals surface area contributed by atoms with E-state index in [1.807, 2.05) is 13.0 Å². The highest BCUT2D eigenvalue weighted by Crippen LogP contribution is 2.25. The molecule has 5 heteroatoms. The van der Waals surface area contributed by atoms with Crippen molar-refractivity contribution < 1.29 is 4.79 Å². The van der Waals surface area contributed by atoms with Crippen LogP contribution < -0.4 is 10.6 Å². The molecule has 2 heterocycles. The molecule has 2 N–H and O–H groups in total. The molecule has 1 aliphatic heterocycles. The Bertz CT molecular complexity index is 487. The monoisotopic (exact) mass is 276 g/mol. The van der Waals surface area contributed by atoms with E-state index in [0.29, 0.717) is 18.3 Å². The van der Waals surface area contributed by atoms with Crippen LogP contribution in [0.2, 0.25) is 0 Å². The molecule has 0 radical (unpaired) electrons. The van der Waals surface area contributed by atoms with Gasteiger partial charge in [0.15, 0.2) is 0 Å². The maximum atomic E-state index is 11.1. The molecule has 0 spiro atoms. The van der Waals surface area contributed by atoms with E-state index >= 15 is 0 Å². The molecule has 1 fully saturated rings. The molecule has 1 amide bonds. The van der Waals surface area contributed by atoms with Crippen LogP contribution in [-0.4, -0.2) is 29.0 Å². The van der Waals surface area contributed by atoms with Crippen LogP contribution in [0.25, 0.3) is 0 Å². The van der Waals surface area contributed by atoms with Gasteiger partial charge in [-0.3, -0.25) is 4.79 Å². The van der Waals surface area contributed by atoms with Gasteiger partial charge >= 0.3 is 0 Å². The normalized spacial score (nSPS) is 19.4. The fourth-order valence-corrected chi connectivity index (χ4v) is 2.72. The molecule has 0 aliphatic carbocycles. The number of carbonyl (C=O) groups is 1. The standard InChI is InChI=1S/C15H24N4O/c1-10(2)15-17-11(3)7-14(18-15)19-6-4-5-12(9-19)8-13(16)20/h7,10,12H,4-6,8-9H2,1-3H3,(H2,16,20). The van der Waals surface area contributed by atoms with E-state index in [2.05, 4.69) is 28.7 Å². The molecular weight excluding hydrogens is 252 g/mol. The summed E-state index contributed by atoms with van der Waals surface area (Å²) in [5, 5.41) is 0. The Labute approximate surface area is 120 Å². The van der Waals surface area contributed by atoms with E-state index in [1.54, 1.807) is 0 Å². The van der Waals surface area contributed by atoms with Crippen LogP contribution in [0.3, 0.4) is 0 Å². The number of piperidine rings is 1. The number of anilines is 1. The molecule has 110 valence electrons. The Morgan fingerprint density at radius 2 is 2.25 bits per heavy atom. The van der Waals surface area contributed by atoms with Crippen LogP contribution in [0.15, 0.2) is 6.07 Å². The molecule has 0 bridgehead atoms. The smallest absolute Gasteiger partial charge is 0.217 e. The van der Waals surface area contributed by atoms with Crippen molar-refractivity contribution in [1.29, 1.82) is 0 Å². The SMILES string of the molecule is Cc1cc(N2CCCC(CC(N)=O)C2)nc(C(C)C)n1. The maximum absolute atomic E-state index is 11.1. The number of amides is 1. The quantitative estimate of drug-likeness (QED) is 0.913. The van der Waals surface area contributed by atoms with Gasteiger partial charge in [0, 0.05) is 37.2 Å². The first-order valence-corrected chi connectivity index (χ1v) is 7.34. The highest BCUT2D eigenvalue weighted by molar-refractivity contribution is 5.74. The lowest BCUT2D eigenvalue weighted by Gasteiger charge is -2.33. The Balaban J connectivity index is 2.16. The Morgan fingerprint density at radius 3 is 2.90 bits per heavy atom. The minimum absolute atomic E-state index is 0.210. The minimum atomic E-state index is -0.210. The summed E-state index contributed by atoms with van der Waals surface area (Å²) < 4.78 is 0. The molecule has 1 saturated heterocycles. The largest absolute Gasteiger partial charge is 0.370 e. The number of carbonyl (C=O) groups excluding carboxylic acids is 1. The Morgan fingerprint density at radius 1 is 1.50 bits per heavy atom. The lowest BCUT2D eigenvalue weighted by atomic mass is 9.94. The van der Waals surface area contributed by atoms with Crippen molar-refractivity contribution in [1.82, 2.24) is 9.97 Å².